The molecule has 0 heterocycles. The summed E-state index contributed by atoms with van der Waals surface area (Å²) in [5.74, 6) is -1.49. The van der Waals surface area contributed by atoms with Gasteiger partial charge in [0.05, 0.1) is 6.42 Å². The van der Waals surface area contributed by atoms with Gasteiger partial charge in [0.2, 0.25) is 17.7 Å². The summed E-state index contributed by atoms with van der Waals surface area (Å²) >= 11 is 0. The second kappa shape index (κ2) is 10.7. The molecule has 4 N–H and O–H groups in total. The highest BCUT2D eigenvalue weighted by Gasteiger charge is 2.49. The molecule has 0 spiro atoms. The van der Waals surface area contributed by atoms with E-state index in [1.54, 1.807) is 20.8 Å². The monoisotopic (exact) mass is 488 g/mol. The van der Waals surface area contributed by atoms with Gasteiger partial charge in [0, 0.05) is 11.6 Å². The molecule has 1 fully saturated rings. The molecule has 1 aromatic rings. The fourth-order valence-electron chi connectivity index (χ4n) is 3.95. The third kappa shape index (κ3) is 8.26. The molecule has 35 heavy (non-hydrogen) atoms. The molecule has 1 saturated carbocycles. The van der Waals surface area contributed by atoms with Crippen molar-refractivity contribution in [2.45, 2.75) is 97.5 Å². The van der Waals surface area contributed by atoms with Crippen molar-refractivity contribution in [3.05, 3.63) is 35.4 Å². The summed E-state index contributed by atoms with van der Waals surface area (Å²) in [5.41, 5.74) is 5.61. The number of aryl methyl sites for hydroxylation is 1. The number of nitrogens with one attached hydrogen (secondary N) is 2. The van der Waals surface area contributed by atoms with Crippen molar-refractivity contribution < 1.29 is 23.9 Å². The molecular weight excluding hydrogens is 448 g/mol. The minimum Gasteiger partial charge on any atom is -0.444 e. The number of amides is 4. The highest BCUT2D eigenvalue weighted by atomic mass is 16.6. The van der Waals surface area contributed by atoms with Crippen LogP contribution in [0.25, 0.3) is 0 Å². The van der Waals surface area contributed by atoms with Crippen LogP contribution in [-0.2, 0) is 19.1 Å². The SMILES string of the molecule is Cc1ccccc1C(C(=O)NC(C)(C)C)N(C(=O)C(CC(N)=O)NC(=O)OC(C)(C)C)C1CC1C. The van der Waals surface area contributed by atoms with Crippen LogP contribution in [0.4, 0.5) is 4.79 Å². The van der Waals surface area contributed by atoms with E-state index in [1.165, 1.54) is 4.90 Å². The Hall–Kier alpha value is -3.10. The fourth-order valence-corrected chi connectivity index (χ4v) is 3.95. The number of benzene rings is 1. The molecule has 4 amide bonds. The minimum absolute atomic E-state index is 0.156. The van der Waals surface area contributed by atoms with Gasteiger partial charge in [-0.15, -0.1) is 0 Å². The van der Waals surface area contributed by atoms with Crippen LogP contribution < -0.4 is 16.4 Å². The zero-order valence-electron chi connectivity index (χ0n) is 22.1. The third-order valence-electron chi connectivity index (χ3n) is 5.58. The number of ether oxygens (including phenoxy) is 1. The molecule has 194 valence electrons. The fraction of sp³-hybridized carbons (Fsp3) is 0.615. The summed E-state index contributed by atoms with van der Waals surface area (Å²) < 4.78 is 5.30. The average molecular weight is 489 g/mol. The van der Waals surface area contributed by atoms with Gasteiger partial charge in [0.1, 0.15) is 17.7 Å². The number of hydrogen-bond donors (Lipinski definition) is 3. The average Bonchev–Trinajstić information content (AvgIpc) is 3.38. The van der Waals surface area contributed by atoms with Crippen LogP contribution in [-0.4, -0.2) is 51.9 Å². The molecule has 0 saturated heterocycles. The van der Waals surface area contributed by atoms with Gasteiger partial charge in [-0.3, -0.25) is 14.4 Å². The highest BCUT2D eigenvalue weighted by molar-refractivity contribution is 5.95. The lowest BCUT2D eigenvalue weighted by molar-refractivity contribution is -0.144. The maximum absolute atomic E-state index is 14.0. The Morgan fingerprint density at radius 1 is 1.11 bits per heavy atom. The first-order chi connectivity index (χ1) is 16.0. The van der Waals surface area contributed by atoms with E-state index in [-0.39, 0.29) is 17.9 Å². The first kappa shape index (κ1) is 28.1. The van der Waals surface area contributed by atoms with E-state index in [0.29, 0.717) is 12.0 Å². The number of carbonyl (C=O) groups is 4. The molecule has 0 aliphatic heterocycles. The molecule has 9 nitrogen and oxygen atoms in total. The maximum atomic E-state index is 14.0. The molecule has 2 rings (SSSR count). The second-order valence-corrected chi connectivity index (χ2v) is 11.4. The van der Waals surface area contributed by atoms with Crippen molar-refractivity contribution >= 4 is 23.8 Å². The Morgan fingerprint density at radius 2 is 1.69 bits per heavy atom. The Bertz CT molecular complexity index is 963. The normalized spacial score (nSPS) is 19.2. The smallest absolute Gasteiger partial charge is 0.408 e. The van der Waals surface area contributed by atoms with Gasteiger partial charge in [-0.25, -0.2) is 4.79 Å². The van der Waals surface area contributed by atoms with Crippen molar-refractivity contribution in [3.8, 4) is 0 Å². The topological polar surface area (TPSA) is 131 Å². The molecular formula is C26H40N4O5. The Labute approximate surface area is 208 Å². The number of nitrogens with two attached hydrogens (primary N) is 1. The summed E-state index contributed by atoms with van der Waals surface area (Å²) in [7, 11) is 0. The van der Waals surface area contributed by atoms with Crippen LogP contribution in [0.15, 0.2) is 24.3 Å². The summed E-state index contributed by atoms with van der Waals surface area (Å²) in [4.78, 5) is 53.5. The predicted octanol–water partition coefficient (Wildman–Crippen LogP) is 2.96. The first-order valence-corrected chi connectivity index (χ1v) is 12.0. The quantitative estimate of drug-likeness (QED) is 0.518. The molecule has 0 radical (unpaired) electrons. The molecule has 0 aromatic heterocycles. The molecule has 4 atom stereocenters. The van der Waals surface area contributed by atoms with E-state index in [9.17, 15) is 19.2 Å². The highest BCUT2D eigenvalue weighted by Crippen LogP contribution is 2.41. The number of hydrogen-bond acceptors (Lipinski definition) is 5. The van der Waals surface area contributed by atoms with Crippen LogP contribution in [0.5, 0.6) is 0 Å². The van der Waals surface area contributed by atoms with E-state index >= 15 is 0 Å². The molecule has 0 bridgehead atoms. The molecule has 1 aromatic carbocycles. The van der Waals surface area contributed by atoms with Gasteiger partial charge in [-0.2, -0.15) is 0 Å². The lowest BCUT2D eigenvalue weighted by atomic mass is 9.96. The van der Waals surface area contributed by atoms with Gasteiger partial charge in [-0.1, -0.05) is 31.2 Å². The van der Waals surface area contributed by atoms with E-state index < -0.39 is 47.6 Å². The van der Waals surface area contributed by atoms with Crippen LogP contribution in [0.1, 0.15) is 78.5 Å². The minimum atomic E-state index is -1.27. The summed E-state index contributed by atoms with van der Waals surface area (Å²) in [5, 5.41) is 5.50. The first-order valence-electron chi connectivity index (χ1n) is 12.0. The molecule has 4 unspecified atom stereocenters. The lowest BCUT2D eigenvalue weighted by Gasteiger charge is -2.37. The van der Waals surface area contributed by atoms with Crippen molar-refractivity contribution in [2.75, 3.05) is 0 Å². The van der Waals surface area contributed by atoms with Crippen molar-refractivity contribution in [2.24, 2.45) is 11.7 Å². The number of nitrogens with zero attached hydrogens (tertiary/aromatic N) is 1. The summed E-state index contributed by atoms with van der Waals surface area (Å²) in [6.45, 7) is 14.6. The van der Waals surface area contributed by atoms with Crippen molar-refractivity contribution in [1.29, 1.82) is 0 Å². The lowest BCUT2D eigenvalue weighted by Crippen LogP contribution is -2.56. The Balaban J connectivity index is 2.53. The number of primary amides is 1. The van der Waals surface area contributed by atoms with Gasteiger partial charge in [-0.05, 0) is 71.9 Å². The number of alkyl carbamates (subject to hydrolysis) is 1. The van der Waals surface area contributed by atoms with Crippen LogP contribution >= 0.6 is 0 Å². The molecule has 1 aliphatic carbocycles. The summed E-state index contributed by atoms with van der Waals surface area (Å²) in [6.07, 6.45) is -0.559. The predicted molar refractivity (Wildman–Crippen MR) is 133 cm³/mol. The maximum Gasteiger partial charge on any atom is 0.408 e. The van der Waals surface area contributed by atoms with E-state index in [0.717, 1.165) is 5.56 Å². The van der Waals surface area contributed by atoms with Crippen LogP contribution in [0, 0.1) is 12.8 Å². The van der Waals surface area contributed by atoms with Crippen molar-refractivity contribution in [3.63, 3.8) is 0 Å². The third-order valence-corrected chi connectivity index (χ3v) is 5.58. The van der Waals surface area contributed by atoms with E-state index in [4.69, 9.17) is 10.5 Å². The zero-order chi connectivity index (χ0) is 26.7. The zero-order valence-corrected chi connectivity index (χ0v) is 22.1. The van der Waals surface area contributed by atoms with Gasteiger partial charge >= 0.3 is 6.09 Å². The standard InChI is InChI=1S/C26H40N4O5/c1-15-11-9-10-12-17(15)21(22(32)29-25(3,4)5)30(19-13-16(19)2)23(33)18(14-20(27)31)28-24(34)35-26(6,7)8/h9-12,16,18-19,21H,13-14H2,1-8H3,(H2,27,31)(H,28,34)(H,29,32). The number of carbonyl (C=O) groups excluding carboxylic acids is 4. The van der Waals surface area contributed by atoms with Gasteiger partial charge < -0.3 is 26.0 Å². The molecule has 1 aliphatic rings. The molecule has 9 heteroatoms. The second-order valence-electron chi connectivity index (χ2n) is 11.4. The number of rotatable bonds is 8. The van der Waals surface area contributed by atoms with E-state index in [2.05, 4.69) is 10.6 Å². The van der Waals surface area contributed by atoms with Crippen LogP contribution in [0.3, 0.4) is 0 Å². The van der Waals surface area contributed by atoms with Gasteiger partial charge in [0.15, 0.2) is 0 Å². The Morgan fingerprint density at radius 3 is 2.14 bits per heavy atom. The van der Waals surface area contributed by atoms with Gasteiger partial charge in [0.25, 0.3) is 0 Å². The van der Waals surface area contributed by atoms with Crippen molar-refractivity contribution in [1.82, 2.24) is 15.5 Å². The van der Waals surface area contributed by atoms with Crippen LogP contribution in [0.2, 0.25) is 0 Å². The Kier molecular flexibility index (Phi) is 8.57. The largest absolute Gasteiger partial charge is 0.444 e. The summed E-state index contributed by atoms with van der Waals surface area (Å²) in [6, 6.07) is 4.93. The van der Waals surface area contributed by atoms with E-state index in [1.807, 2.05) is 58.9 Å².